The minimum absolute atomic E-state index is 0.203. The molecule has 0 saturated carbocycles. The molecule has 0 bridgehead atoms. The van der Waals surface area contributed by atoms with E-state index in [1.807, 2.05) is 18.2 Å². The van der Waals surface area contributed by atoms with Crippen molar-refractivity contribution >= 4 is 16.9 Å². The molecule has 5 heteroatoms. The summed E-state index contributed by atoms with van der Waals surface area (Å²) in [4.78, 5) is 16.3. The third kappa shape index (κ3) is 2.88. The summed E-state index contributed by atoms with van der Waals surface area (Å²) in [5, 5.41) is 9.88. The molecule has 2 N–H and O–H groups in total. The molecule has 1 atom stereocenters. The van der Waals surface area contributed by atoms with Crippen molar-refractivity contribution in [3.8, 4) is 5.75 Å². The van der Waals surface area contributed by atoms with E-state index in [1.165, 1.54) is 0 Å². The Kier molecular flexibility index (Phi) is 3.59. The molecule has 3 rings (SSSR count). The zero-order valence-corrected chi connectivity index (χ0v) is 12.3. The van der Waals surface area contributed by atoms with E-state index >= 15 is 0 Å². The molecule has 1 aliphatic heterocycles. The minimum atomic E-state index is -0.947. The lowest BCUT2D eigenvalue weighted by molar-refractivity contribution is 0.0691. The van der Waals surface area contributed by atoms with Gasteiger partial charge in [0.25, 0.3) is 0 Å². The molecule has 5 nitrogen and oxygen atoms in total. The number of H-pyrrole nitrogens is 1. The SMILES string of the molecule is CC(C)N1CCC(Oc2ccc3cc(C(=O)O)[nH]c3c2)C1. The Labute approximate surface area is 123 Å². The molecule has 1 aromatic carbocycles. The molecule has 1 aliphatic rings. The van der Waals surface area contributed by atoms with Gasteiger partial charge in [-0.15, -0.1) is 0 Å². The Hall–Kier alpha value is -2.01. The lowest BCUT2D eigenvalue weighted by Gasteiger charge is -2.20. The first-order valence-corrected chi connectivity index (χ1v) is 7.29. The fraction of sp³-hybridized carbons (Fsp3) is 0.438. The lowest BCUT2D eigenvalue weighted by atomic mass is 10.2. The van der Waals surface area contributed by atoms with E-state index in [0.29, 0.717) is 6.04 Å². The number of likely N-dealkylation sites (tertiary alicyclic amines) is 1. The van der Waals surface area contributed by atoms with Gasteiger partial charge in [0.15, 0.2) is 0 Å². The van der Waals surface area contributed by atoms with Crippen molar-refractivity contribution in [1.29, 1.82) is 0 Å². The van der Waals surface area contributed by atoms with Gasteiger partial charge in [-0.3, -0.25) is 4.90 Å². The molecule has 1 saturated heterocycles. The van der Waals surface area contributed by atoms with Gasteiger partial charge in [0.1, 0.15) is 17.5 Å². The van der Waals surface area contributed by atoms with Gasteiger partial charge in [-0.2, -0.15) is 0 Å². The maximum absolute atomic E-state index is 11.0. The van der Waals surface area contributed by atoms with Gasteiger partial charge in [0, 0.05) is 36.1 Å². The number of rotatable bonds is 4. The van der Waals surface area contributed by atoms with Crippen LogP contribution in [0.5, 0.6) is 5.75 Å². The van der Waals surface area contributed by atoms with Crippen LogP contribution in [0.2, 0.25) is 0 Å². The predicted molar refractivity (Wildman–Crippen MR) is 81.0 cm³/mol. The Morgan fingerprint density at radius 3 is 2.90 bits per heavy atom. The number of carbonyl (C=O) groups is 1. The first kappa shape index (κ1) is 13.9. The standard InChI is InChI=1S/C16H20N2O3/c1-10(2)18-6-5-13(9-18)21-12-4-3-11-7-15(16(19)20)17-14(11)8-12/h3-4,7-8,10,13,17H,5-6,9H2,1-2H3,(H,19,20). The van der Waals surface area contributed by atoms with Gasteiger partial charge in [-0.25, -0.2) is 4.79 Å². The molecular weight excluding hydrogens is 268 g/mol. The zero-order chi connectivity index (χ0) is 15.0. The van der Waals surface area contributed by atoms with Crippen LogP contribution >= 0.6 is 0 Å². The van der Waals surface area contributed by atoms with E-state index in [1.54, 1.807) is 6.07 Å². The van der Waals surface area contributed by atoms with Crippen molar-refractivity contribution in [3.05, 3.63) is 30.0 Å². The van der Waals surface area contributed by atoms with Crippen LogP contribution in [-0.2, 0) is 0 Å². The number of carboxylic acids is 1. The van der Waals surface area contributed by atoms with Crippen LogP contribution in [0.25, 0.3) is 10.9 Å². The van der Waals surface area contributed by atoms with Crippen molar-refractivity contribution < 1.29 is 14.6 Å². The van der Waals surface area contributed by atoms with Crippen molar-refractivity contribution in [1.82, 2.24) is 9.88 Å². The molecule has 0 radical (unpaired) electrons. The molecular formula is C16H20N2O3. The summed E-state index contributed by atoms with van der Waals surface area (Å²) in [6.07, 6.45) is 1.24. The fourth-order valence-corrected chi connectivity index (χ4v) is 2.81. The monoisotopic (exact) mass is 288 g/mol. The number of nitrogens with zero attached hydrogens (tertiary/aromatic N) is 1. The van der Waals surface area contributed by atoms with Gasteiger partial charge in [0.2, 0.25) is 0 Å². The molecule has 1 fully saturated rings. The van der Waals surface area contributed by atoms with Crippen molar-refractivity contribution in [2.75, 3.05) is 13.1 Å². The summed E-state index contributed by atoms with van der Waals surface area (Å²) in [5.41, 5.74) is 0.998. The summed E-state index contributed by atoms with van der Waals surface area (Å²) in [7, 11) is 0. The van der Waals surface area contributed by atoms with Gasteiger partial charge < -0.3 is 14.8 Å². The Morgan fingerprint density at radius 2 is 2.24 bits per heavy atom. The van der Waals surface area contributed by atoms with Crippen LogP contribution < -0.4 is 4.74 Å². The molecule has 112 valence electrons. The van der Waals surface area contributed by atoms with E-state index in [2.05, 4.69) is 23.7 Å². The number of aromatic carboxylic acids is 1. The molecule has 1 aromatic heterocycles. The topological polar surface area (TPSA) is 65.6 Å². The second kappa shape index (κ2) is 5.41. The number of hydrogen-bond acceptors (Lipinski definition) is 3. The van der Waals surface area contributed by atoms with E-state index in [4.69, 9.17) is 9.84 Å². The summed E-state index contributed by atoms with van der Waals surface area (Å²) >= 11 is 0. The molecule has 2 heterocycles. The average Bonchev–Trinajstić information content (AvgIpc) is 3.04. The Bertz CT molecular complexity index is 663. The van der Waals surface area contributed by atoms with E-state index in [-0.39, 0.29) is 11.8 Å². The van der Waals surface area contributed by atoms with Gasteiger partial charge in [-0.1, -0.05) is 0 Å². The largest absolute Gasteiger partial charge is 0.489 e. The third-order valence-corrected chi connectivity index (χ3v) is 4.03. The van der Waals surface area contributed by atoms with Crippen LogP contribution in [0, 0.1) is 0 Å². The molecule has 0 spiro atoms. The van der Waals surface area contributed by atoms with E-state index in [9.17, 15) is 4.79 Å². The van der Waals surface area contributed by atoms with Crippen LogP contribution in [-0.4, -0.2) is 46.2 Å². The molecule has 2 aromatic rings. The van der Waals surface area contributed by atoms with Gasteiger partial charge >= 0.3 is 5.97 Å². The summed E-state index contributed by atoms with van der Waals surface area (Å²) < 4.78 is 6.02. The van der Waals surface area contributed by atoms with E-state index in [0.717, 1.165) is 36.2 Å². The van der Waals surface area contributed by atoms with Crippen LogP contribution in [0.4, 0.5) is 0 Å². The Morgan fingerprint density at radius 1 is 1.43 bits per heavy atom. The highest BCUT2D eigenvalue weighted by atomic mass is 16.5. The highest BCUT2D eigenvalue weighted by Gasteiger charge is 2.25. The number of aromatic nitrogens is 1. The second-order valence-electron chi connectivity index (χ2n) is 5.85. The quantitative estimate of drug-likeness (QED) is 0.908. The number of hydrogen-bond donors (Lipinski definition) is 2. The highest BCUT2D eigenvalue weighted by Crippen LogP contribution is 2.24. The van der Waals surface area contributed by atoms with Crippen LogP contribution in [0.3, 0.4) is 0 Å². The van der Waals surface area contributed by atoms with Crippen molar-refractivity contribution in [2.24, 2.45) is 0 Å². The number of aromatic amines is 1. The molecule has 0 aliphatic carbocycles. The van der Waals surface area contributed by atoms with Gasteiger partial charge in [0.05, 0.1) is 0 Å². The summed E-state index contributed by atoms with van der Waals surface area (Å²) in [6, 6.07) is 7.85. The second-order valence-corrected chi connectivity index (χ2v) is 5.85. The van der Waals surface area contributed by atoms with Crippen LogP contribution in [0.15, 0.2) is 24.3 Å². The summed E-state index contributed by atoms with van der Waals surface area (Å²) in [5.74, 6) is -0.158. The highest BCUT2D eigenvalue weighted by molar-refractivity contribution is 5.94. The lowest BCUT2D eigenvalue weighted by Crippen LogP contribution is -2.30. The summed E-state index contributed by atoms with van der Waals surface area (Å²) in [6.45, 7) is 6.40. The first-order valence-electron chi connectivity index (χ1n) is 7.29. The zero-order valence-electron chi connectivity index (χ0n) is 12.3. The smallest absolute Gasteiger partial charge is 0.352 e. The normalized spacial score (nSPS) is 19.5. The third-order valence-electron chi connectivity index (χ3n) is 4.03. The maximum Gasteiger partial charge on any atom is 0.352 e. The number of fused-ring (bicyclic) bond motifs is 1. The van der Waals surface area contributed by atoms with Crippen molar-refractivity contribution in [3.63, 3.8) is 0 Å². The van der Waals surface area contributed by atoms with Crippen molar-refractivity contribution in [2.45, 2.75) is 32.4 Å². The van der Waals surface area contributed by atoms with E-state index < -0.39 is 5.97 Å². The first-order chi connectivity index (χ1) is 10.0. The maximum atomic E-state index is 11.0. The van der Waals surface area contributed by atoms with Crippen LogP contribution in [0.1, 0.15) is 30.8 Å². The predicted octanol–water partition coefficient (Wildman–Crippen LogP) is 2.73. The molecule has 1 unspecified atom stereocenters. The van der Waals surface area contributed by atoms with Gasteiger partial charge in [-0.05, 0) is 38.5 Å². The number of ether oxygens (including phenoxy) is 1. The number of carboxylic acid groups (broad SMARTS) is 1. The number of benzene rings is 1. The molecule has 0 amide bonds. The minimum Gasteiger partial charge on any atom is -0.489 e. The average molecular weight is 288 g/mol. The molecule has 21 heavy (non-hydrogen) atoms. The fourth-order valence-electron chi connectivity index (χ4n) is 2.81. The number of nitrogens with one attached hydrogen (secondary N) is 1. The Balaban J connectivity index is 1.74.